The largest absolute Gasteiger partial charge is 0.383 e. The molecule has 0 radical (unpaired) electrons. The first-order valence-corrected chi connectivity index (χ1v) is 12.0. The molecule has 0 aliphatic rings. The summed E-state index contributed by atoms with van der Waals surface area (Å²) in [6.45, 7) is 6.57. The summed E-state index contributed by atoms with van der Waals surface area (Å²) in [5.74, 6) is -0.0738. The molecule has 0 aliphatic carbocycles. The molecule has 0 saturated carbocycles. The van der Waals surface area contributed by atoms with Gasteiger partial charge in [-0.15, -0.1) is 11.8 Å². The third-order valence-corrected chi connectivity index (χ3v) is 6.54. The first kappa shape index (κ1) is 24.4. The lowest BCUT2D eigenvalue weighted by atomic mass is 10.2. The zero-order valence-electron chi connectivity index (χ0n) is 19.3. The molecule has 0 saturated heterocycles. The van der Waals surface area contributed by atoms with Crippen LogP contribution in [0.3, 0.4) is 0 Å². The molecular formula is C25H30N4O3S. The van der Waals surface area contributed by atoms with Crippen LogP contribution in [-0.4, -0.2) is 27.8 Å². The highest BCUT2D eigenvalue weighted by atomic mass is 32.2. The average Bonchev–Trinajstić information content (AvgIpc) is 2.79. The third kappa shape index (κ3) is 5.96. The van der Waals surface area contributed by atoms with Crippen molar-refractivity contribution in [3.8, 4) is 0 Å². The summed E-state index contributed by atoms with van der Waals surface area (Å²) in [5.41, 5.74) is 8.19. The molecule has 7 nitrogen and oxygen atoms in total. The molecule has 3 N–H and O–H groups in total. The Morgan fingerprint density at radius 3 is 2.55 bits per heavy atom. The van der Waals surface area contributed by atoms with Gasteiger partial charge in [0.1, 0.15) is 5.82 Å². The lowest BCUT2D eigenvalue weighted by molar-refractivity contribution is -0.116. The molecule has 0 bridgehead atoms. The Kier molecular flexibility index (Phi) is 8.16. The molecule has 2 aromatic carbocycles. The number of unbranched alkanes of at least 4 members (excludes halogenated alkanes) is 1. The fraction of sp³-hybridized carbons (Fsp3) is 0.320. The number of nitrogens with two attached hydrogens (primary N) is 1. The summed E-state index contributed by atoms with van der Waals surface area (Å²) >= 11 is 1.43. The van der Waals surface area contributed by atoms with E-state index in [0.717, 1.165) is 28.0 Å². The van der Waals surface area contributed by atoms with E-state index in [1.165, 1.54) is 21.2 Å². The summed E-state index contributed by atoms with van der Waals surface area (Å²) in [6.07, 6.45) is 1.55. The second-order valence-electron chi connectivity index (χ2n) is 8.02. The first-order valence-electron chi connectivity index (χ1n) is 11.0. The second-order valence-corrected chi connectivity index (χ2v) is 9.04. The number of nitrogens with one attached hydrogen (secondary N) is 1. The number of carbonyl (C=O) groups excluding carboxylic acids is 1. The number of H-pyrrole nitrogens is 1. The number of hydrogen-bond donors (Lipinski definition) is 2. The van der Waals surface area contributed by atoms with E-state index < -0.39 is 11.2 Å². The van der Waals surface area contributed by atoms with E-state index in [0.29, 0.717) is 13.0 Å². The van der Waals surface area contributed by atoms with Gasteiger partial charge in [-0.05, 0) is 37.5 Å². The maximum absolute atomic E-state index is 13.3. The molecule has 1 amide bonds. The number of nitrogens with zero attached hydrogens (tertiary/aromatic N) is 2. The van der Waals surface area contributed by atoms with E-state index in [4.69, 9.17) is 5.73 Å². The van der Waals surface area contributed by atoms with Gasteiger partial charge in [-0.1, -0.05) is 61.4 Å². The number of aromatic amines is 1. The van der Waals surface area contributed by atoms with Crippen LogP contribution >= 0.6 is 11.8 Å². The highest BCUT2D eigenvalue weighted by Gasteiger charge is 2.24. The summed E-state index contributed by atoms with van der Waals surface area (Å²) in [4.78, 5) is 43.4. The molecule has 0 fully saturated rings. The second kappa shape index (κ2) is 11.0. The van der Waals surface area contributed by atoms with Gasteiger partial charge in [0, 0.05) is 11.4 Å². The van der Waals surface area contributed by atoms with Crippen LogP contribution < -0.4 is 21.9 Å². The van der Waals surface area contributed by atoms with Crippen molar-refractivity contribution in [3.05, 3.63) is 86.1 Å². The zero-order chi connectivity index (χ0) is 24.0. The third-order valence-electron chi connectivity index (χ3n) is 5.40. The molecule has 0 atom stereocenters. The molecule has 8 heteroatoms. The highest BCUT2D eigenvalue weighted by Crippen LogP contribution is 2.26. The van der Waals surface area contributed by atoms with Crippen LogP contribution in [0.5, 0.6) is 0 Å². The number of aromatic nitrogens is 2. The topological polar surface area (TPSA) is 101 Å². The number of thioether (sulfide) groups is 1. The molecule has 1 aromatic heterocycles. The number of anilines is 2. The Balaban J connectivity index is 1.94. The van der Waals surface area contributed by atoms with Crippen LogP contribution in [0.25, 0.3) is 0 Å². The van der Waals surface area contributed by atoms with E-state index in [1.807, 2.05) is 69.3 Å². The van der Waals surface area contributed by atoms with Gasteiger partial charge in [0.25, 0.3) is 5.56 Å². The Morgan fingerprint density at radius 1 is 1.12 bits per heavy atom. The molecule has 0 aliphatic heterocycles. The van der Waals surface area contributed by atoms with Crippen molar-refractivity contribution in [1.29, 1.82) is 0 Å². The zero-order valence-corrected chi connectivity index (χ0v) is 20.1. The lowest BCUT2D eigenvalue weighted by Crippen LogP contribution is -2.42. The molecule has 3 aromatic rings. The van der Waals surface area contributed by atoms with Crippen molar-refractivity contribution in [1.82, 2.24) is 9.55 Å². The maximum atomic E-state index is 13.3. The fourth-order valence-corrected chi connectivity index (χ4v) is 4.52. The van der Waals surface area contributed by atoms with Gasteiger partial charge in [0.05, 0.1) is 12.3 Å². The van der Waals surface area contributed by atoms with Gasteiger partial charge in [-0.2, -0.15) is 0 Å². The van der Waals surface area contributed by atoms with E-state index in [9.17, 15) is 14.4 Å². The molecular weight excluding hydrogens is 436 g/mol. The Labute approximate surface area is 197 Å². The summed E-state index contributed by atoms with van der Waals surface area (Å²) in [7, 11) is 0. The van der Waals surface area contributed by atoms with Crippen molar-refractivity contribution >= 4 is 29.2 Å². The number of nitrogen functional groups attached to an aromatic ring is 1. The van der Waals surface area contributed by atoms with Crippen LogP contribution in [0.2, 0.25) is 0 Å². The number of amides is 1. The van der Waals surface area contributed by atoms with Crippen LogP contribution in [-0.2, 0) is 11.3 Å². The van der Waals surface area contributed by atoms with E-state index >= 15 is 0 Å². The molecule has 174 valence electrons. The number of carbonyl (C=O) groups is 1. The predicted molar refractivity (Wildman–Crippen MR) is 135 cm³/mol. The molecule has 1 heterocycles. The van der Waals surface area contributed by atoms with E-state index in [2.05, 4.69) is 4.98 Å². The predicted octanol–water partition coefficient (Wildman–Crippen LogP) is 3.71. The van der Waals surface area contributed by atoms with Crippen LogP contribution in [0, 0.1) is 13.8 Å². The minimum Gasteiger partial charge on any atom is -0.383 e. The summed E-state index contributed by atoms with van der Waals surface area (Å²) < 4.78 is 1.30. The van der Waals surface area contributed by atoms with E-state index in [1.54, 1.807) is 0 Å². The summed E-state index contributed by atoms with van der Waals surface area (Å²) in [6, 6.07) is 15.5. The maximum Gasteiger partial charge on any atom is 0.330 e. The average molecular weight is 467 g/mol. The van der Waals surface area contributed by atoms with Crippen molar-refractivity contribution in [3.63, 3.8) is 0 Å². The highest BCUT2D eigenvalue weighted by molar-refractivity contribution is 8.00. The van der Waals surface area contributed by atoms with Crippen molar-refractivity contribution in [2.75, 3.05) is 22.9 Å². The van der Waals surface area contributed by atoms with E-state index in [-0.39, 0.29) is 29.7 Å². The number of benzene rings is 2. The normalized spacial score (nSPS) is 10.9. The van der Waals surface area contributed by atoms with Crippen LogP contribution in [0.4, 0.5) is 11.5 Å². The first-order chi connectivity index (χ1) is 15.8. The monoisotopic (exact) mass is 466 g/mol. The van der Waals surface area contributed by atoms with Gasteiger partial charge in [0.15, 0.2) is 5.69 Å². The van der Waals surface area contributed by atoms with Crippen molar-refractivity contribution in [2.45, 2.75) is 45.1 Å². The van der Waals surface area contributed by atoms with Gasteiger partial charge in [0.2, 0.25) is 5.91 Å². The molecule has 33 heavy (non-hydrogen) atoms. The standard InChI is InChI=1S/C25H30N4O3S/c1-4-5-13-28(21(30)16-33-20-14-17(2)11-12-18(20)3)22-23(26)29(25(32)27-24(22)31)15-19-9-7-6-8-10-19/h6-12,14H,4-5,13,15-16,26H2,1-3H3,(H,27,31,32). The Morgan fingerprint density at radius 2 is 1.85 bits per heavy atom. The minimum atomic E-state index is -0.650. The minimum absolute atomic E-state index is 0.00575. The van der Waals surface area contributed by atoms with Crippen LogP contribution in [0.15, 0.2) is 63.0 Å². The summed E-state index contributed by atoms with van der Waals surface area (Å²) in [5, 5.41) is 0. The van der Waals surface area contributed by atoms with Crippen LogP contribution in [0.1, 0.15) is 36.5 Å². The number of aryl methyl sites for hydroxylation is 2. The van der Waals surface area contributed by atoms with Gasteiger partial charge >= 0.3 is 5.69 Å². The van der Waals surface area contributed by atoms with Crippen molar-refractivity contribution < 1.29 is 4.79 Å². The van der Waals surface area contributed by atoms with Gasteiger partial charge in [-0.25, -0.2) is 4.79 Å². The number of hydrogen-bond acceptors (Lipinski definition) is 5. The Bertz CT molecular complexity index is 1230. The SMILES string of the molecule is CCCCN(C(=O)CSc1cc(C)ccc1C)c1c(N)n(Cc2ccccc2)c(=O)[nH]c1=O. The Hall–Kier alpha value is -3.26. The van der Waals surface area contributed by atoms with Crippen molar-refractivity contribution in [2.24, 2.45) is 0 Å². The quantitative estimate of drug-likeness (QED) is 0.468. The number of rotatable bonds is 9. The molecule has 3 rings (SSSR count). The fourth-order valence-electron chi connectivity index (χ4n) is 3.52. The lowest BCUT2D eigenvalue weighted by Gasteiger charge is -2.24. The molecule has 0 spiro atoms. The smallest absolute Gasteiger partial charge is 0.330 e. The van der Waals surface area contributed by atoms with Gasteiger partial charge < -0.3 is 10.6 Å². The molecule has 0 unspecified atom stereocenters. The van der Waals surface area contributed by atoms with Gasteiger partial charge in [-0.3, -0.25) is 19.1 Å².